The van der Waals surface area contributed by atoms with E-state index in [0.717, 1.165) is 5.69 Å². The molecule has 67 heavy (non-hydrogen) atoms. The summed E-state index contributed by atoms with van der Waals surface area (Å²) in [6, 6.07) is 70.8. The number of aromatic nitrogens is 1. The van der Waals surface area contributed by atoms with Crippen LogP contribution < -0.4 is 4.90 Å². The van der Waals surface area contributed by atoms with Gasteiger partial charge < -0.3 is 9.47 Å². The van der Waals surface area contributed by atoms with Gasteiger partial charge in [-0.25, -0.2) is 0 Å². The molecule has 2 nitrogen and oxygen atoms in total. The van der Waals surface area contributed by atoms with Crippen LogP contribution in [-0.2, 0) is 12.5 Å². The number of hydrogen-bond acceptors (Lipinski definition) is 1. The largest absolute Gasteiger partial charge is 0.342 e. The molecule has 0 aliphatic heterocycles. The highest BCUT2D eigenvalue weighted by Crippen LogP contribution is 2.55. The van der Waals surface area contributed by atoms with Gasteiger partial charge in [-0.15, -0.1) is 0 Å². The number of aryl methyl sites for hydroxylation is 6. The second kappa shape index (κ2) is 21.0. The van der Waals surface area contributed by atoms with Crippen LogP contribution in [0.15, 0.2) is 194 Å². The van der Waals surface area contributed by atoms with Crippen LogP contribution in [0.4, 0.5) is 17.1 Å². The third-order valence-corrected chi connectivity index (χ3v) is 12.9. The standard InChI is InChI=1S/C45H36N2.2C8H10.2C2H6/c1-29-21-23-30(24-22-29)31-25-26-37-38(27-31)45(2,3)39-28-42(33-15-8-9-17-35(33)43(37)39)47(32-13-6-5-7-14-32)41-20-12-18-36-34-16-10-11-19-40(34)46(4)44(36)41;2*1-7-3-5-8(2)6-4-7;2*1-2/h5-28H,1-4H3;2*3-6H,1-2H3;2*1-2H3. The lowest BCUT2D eigenvalue weighted by Crippen LogP contribution is -2.17. The highest BCUT2D eigenvalue weighted by molar-refractivity contribution is 6.16. The topological polar surface area (TPSA) is 8.17 Å². The molecular formula is C65H68N2. The molecular weight excluding hydrogens is 809 g/mol. The highest BCUT2D eigenvalue weighted by atomic mass is 15.2. The smallest absolute Gasteiger partial charge is 0.0733 e. The molecule has 1 heterocycles. The van der Waals surface area contributed by atoms with Crippen molar-refractivity contribution in [3.8, 4) is 22.3 Å². The van der Waals surface area contributed by atoms with Gasteiger partial charge in [0, 0.05) is 39.8 Å². The SMILES string of the molecule is CC.CC.Cc1ccc(-c2ccc3c(c2)C(C)(C)c2cc(N(c4ccccc4)c4cccc5c6ccccc6n(C)c45)c4ccccc4c2-3)cc1.Cc1ccc(C)cc1.Cc1ccc(C)cc1. The number of benzene rings is 9. The van der Waals surface area contributed by atoms with Crippen molar-refractivity contribution in [2.75, 3.05) is 4.90 Å². The van der Waals surface area contributed by atoms with Crippen molar-refractivity contribution in [3.63, 3.8) is 0 Å². The van der Waals surface area contributed by atoms with E-state index in [2.05, 4.69) is 259 Å². The predicted octanol–water partition coefficient (Wildman–Crippen LogP) is 18.9. The van der Waals surface area contributed by atoms with E-state index in [9.17, 15) is 0 Å². The van der Waals surface area contributed by atoms with Gasteiger partial charge in [0.1, 0.15) is 0 Å². The fourth-order valence-corrected chi connectivity index (χ4v) is 9.33. The Bertz CT molecular complexity index is 3140. The van der Waals surface area contributed by atoms with E-state index < -0.39 is 0 Å². The van der Waals surface area contributed by atoms with Crippen LogP contribution in [0.2, 0.25) is 0 Å². The van der Waals surface area contributed by atoms with Crippen LogP contribution in [0.3, 0.4) is 0 Å². The molecule has 11 rings (SSSR count). The molecule has 0 amide bonds. The first-order chi connectivity index (χ1) is 32.5. The Labute approximate surface area is 401 Å². The zero-order chi connectivity index (χ0) is 47.8. The fourth-order valence-electron chi connectivity index (χ4n) is 9.33. The third-order valence-electron chi connectivity index (χ3n) is 12.9. The van der Waals surface area contributed by atoms with E-state index in [-0.39, 0.29) is 5.41 Å². The minimum absolute atomic E-state index is 0.182. The second-order valence-corrected chi connectivity index (χ2v) is 17.8. The van der Waals surface area contributed by atoms with Crippen LogP contribution in [0.25, 0.3) is 54.8 Å². The number of hydrogen-bond donors (Lipinski definition) is 0. The molecule has 338 valence electrons. The Morgan fingerprint density at radius 1 is 0.388 bits per heavy atom. The summed E-state index contributed by atoms with van der Waals surface area (Å²) < 4.78 is 2.36. The fraction of sp³-hybridized carbons (Fsp3) is 0.200. The Kier molecular flexibility index (Phi) is 15.0. The Hall–Kier alpha value is -7.16. The molecule has 1 aliphatic rings. The molecule has 0 bridgehead atoms. The summed E-state index contributed by atoms with van der Waals surface area (Å²) >= 11 is 0. The zero-order valence-corrected chi connectivity index (χ0v) is 41.9. The first kappa shape index (κ1) is 47.8. The average Bonchev–Trinajstić information content (AvgIpc) is 3.79. The van der Waals surface area contributed by atoms with E-state index in [0.29, 0.717) is 0 Å². The van der Waals surface area contributed by atoms with Crippen LogP contribution in [-0.4, -0.2) is 4.57 Å². The molecule has 1 aliphatic carbocycles. The summed E-state index contributed by atoms with van der Waals surface area (Å²) in [5.74, 6) is 0. The van der Waals surface area contributed by atoms with Crippen LogP contribution in [0.1, 0.15) is 80.5 Å². The normalized spacial score (nSPS) is 11.7. The van der Waals surface area contributed by atoms with Gasteiger partial charge in [0.05, 0.1) is 16.9 Å². The zero-order valence-electron chi connectivity index (χ0n) is 41.9. The van der Waals surface area contributed by atoms with Crippen LogP contribution in [0, 0.1) is 34.6 Å². The summed E-state index contributed by atoms with van der Waals surface area (Å²) in [5.41, 5.74) is 20.4. The van der Waals surface area contributed by atoms with Gasteiger partial charge in [0.2, 0.25) is 0 Å². The Morgan fingerprint density at radius 3 is 1.42 bits per heavy atom. The Morgan fingerprint density at radius 2 is 0.851 bits per heavy atom. The van der Waals surface area contributed by atoms with E-state index >= 15 is 0 Å². The quantitative estimate of drug-likeness (QED) is 0.171. The van der Waals surface area contributed by atoms with E-state index in [1.54, 1.807) is 0 Å². The Balaban J connectivity index is 0.000000278. The lowest BCUT2D eigenvalue weighted by molar-refractivity contribution is 0.661. The molecule has 0 N–H and O–H groups in total. The number of para-hydroxylation sites is 3. The van der Waals surface area contributed by atoms with Crippen LogP contribution in [0.5, 0.6) is 0 Å². The van der Waals surface area contributed by atoms with E-state index in [1.165, 1.54) is 105 Å². The summed E-state index contributed by atoms with van der Waals surface area (Å²) in [6.07, 6.45) is 0. The molecule has 0 saturated carbocycles. The van der Waals surface area contributed by atoms with Gasteiger partial charge in [0.25, 0.3) is 0 Å². The third kappa shape index (κ3) is 9.72. The number of rotatable bonds is 4. The van der Waals surface area contributed by atoms with Crippen molar-refractivity contribution >= 4 is 49.6 Å². The van der Waals surface area contributed by atoms with Gasteiger partial charge in [-0.1, -0.05) is 227 Å². The highest BCUT2D eigenvalue weighted by Gasteiger charge is 2.38. The lowest BCUT2D eigenvalue weighted by Gasteiger charge is -2.30. The van der Waals surface area contributed by atoms with Crippen molar-refractivity contribution in [1.82, 2.24) is 4.57 Å². The number of nitrogens with zero attached hydrogens (tertiary/aromatic N) is 2. The molecule has 2 heteroatoms. The summed E-state index contributed by atoms with van der Waals surface area (Å²) in [4.78, 5) is 2.49. The minimum Gasteiger partial charge on any atom is -0.342 e. The lowest BCUT2D eigenvalue weighted by atomic mass is 9.81. The van der Waals surface area contributed by atoms with Gasteiger partial charge in [0.15, 0.2) is 0 Å². The van der Waals surface area contributed by atoms with Gasteiger partial charge >= 0.3 is 0 Å². The van der Waals surface area contributed by atoms with Gasteiger partial charge in [-0.05, 0) is 110 Å². The average molecular weight is 877 g/mol. The number of anilines is 3. The van der Waals surface area contributed by atoms with Crippen LogP contribution >= 0.6 is 0 Å². The first-order valence-corrected chi connectivity index (χ1v) is 24.2. The van der Waals surface area contributed by atoms with Crippen molar-refractivity contribution in [2.45, 2.75) is 81.6 Å². The van der Waals surface area contributed by atoms with Crippen molar-refractivity contribution in [3.05, 3.63) is 233 Å². The number of fused-ring (bicyclic) bond motifs is 8. The maximum absolute atomic E-state index is 2.49. The van der Waals surface area contributed by atoms with E-state index in [1.807, 2.05) is 27.7 Å². The second-order valence-electron chi connectivity index (χ2n) is 17.8. The molecule has 9 aromatic carbocycles. The molecule has 0 spiro atoms. The summed E-state index contributed by atoms with van der Waals surface area (Å²) in [6.45, 7) is 23.3. The molecule has 0 unspecified atom stereocenters. The molecule has 0 saturated heterocycles. The monoisotopic (exact) mass is 877 g/mol. The summed E-state index contributed by atoms with van der Waals surface area (Å²) in [7, 11) is 2.20. The van der Waals surface area contributed by atoms with Crippen molar-refractivity contribution < 1.29 is 0 Å². The summed E-state index contributed by atoms with van der Waals surface area (Å²) in [5, 5.41) is 5.08. The molecule has 1 aromatic heterocycles. The van der Waals surface area contributed by atoms with Crippen molar-refractivity contribution in [1.29, 1.82) is 0 Å². The first-order valence-electron chi connectivity index (χ1n) is 24.2. The van der Waals surface area contributed by atoms with Crippen molar-refractivity contribution in [2.24, 2.45) is 7.05 Å². The molecule has 0 radical (unpaired) electrons. The minimum atomic E-state index is -0.182. The predicted molar refractivity (Wildman–Crippen MR) is 295 cm³/mol. The maximum atomic E-state index is 2.49. The van der Waals surface area contributed by atoms with E-state index in [4.69, 9.17) is 0 Å². The molecule has 0 fully saturated rings. The molecule has 0 atom stereocenters. The van der Waals surface area contributed by atoms with Gasteiger partial charge in [-0.2, -0.15) is 0 Å². The molecule has 10 aromatic rings. The van der Waals surface area contributed by atoms with Gasteiger partial charge in [-0.3, -0.25) is 0 Å². The maximum Gasteiger partial charge on any atom is 0.0733 e.